The molecule has 3 rings (SSSR count). The monoisotopic (exact) mass is 425 g/mol. The van der Waals surface area contributed by atoms with Crippen LogP contribution in [0.5, 0.6) is 0 Å². The van der Waals surface area contributed by atoms with Gasteiger partial charge in [-0.3, -0.25) is 9.78 Å². The van der Waals surface area contributed by atoms with Gasteiger partial charge in [-0.1, -0.05) is 48.5 Å². The van der Waals surface area contributed by atoms with Crippen molar-refractivity contribution in [2.75, 3.05) is 11.9 Å². The van der Waals surface area contributed by atoms with Gasteiger partial charge in [-0.15, -0.1) is 12.4 Å². The minimum atomic E-state index is -0.534. The molecule has 0 radical (unpaired) electrons. The van der Waals surface area contributed by atoms with Crippen molar-refractivity contribution >= 4 is 24.0 Å². The molecule has 1 heterocycles. The van der Waals surface area contributed by atoms with Crippen molar-refractivity contribution in [3.8, 4) is 0 Å². The van der Waals surface area contributed by atoms with E-state index in [1.807, 2.05) is 72.8 Å². The number of aliphatic hydroxyl groups is 1. The van der Waals surface area contributed by atoms with Crippen LogP contribution in [0.25, 0.3) is 0 Å². The number of aromatic nitrogens is 1. The lowest BCUT2D eigenvalue weighted by Gasteiger charge is -2.18. The first kappa shape index (κ1) is 23.5. The molecule has 0 saturated carbocycles. The summed E-state index contributed by atoms with van der Waals surface area (Å²) in [6.07, 6.45) is 2.23. The predicted molar refractivity (Wildman–Crippen MR) is 123 cm³/mol. The number of benzene rings is 2. The largest absolute Gasteiger partial charge is 0.387 e. The maximum atomic E-state index is 12.2. The summed E-state index contributed by atoms with van der Waals surface area (Å²) in [7, 11) is 0. The lowest BCUT2D eigenvalue weighted by molar-refractivity contribution is -0.115. The molecule has 2 atom stereocenters. The number of para-hydroxylation sites is 1. The van der Waals surface area contributed by atoms with Crippen molar-refractivity contribution in [2.24, 2.45) is 0 Å². The first-order valence-corrected chi connectivity index (χ1v) is 9.85. The molecule has 3 aromatic rings. The van der Waals surface area contributed by atoms with Crippen LogP contribution < -0.4 is 10.6 Å². The van der Waals surface area contributed by atoms with Crippen molar-refractivity contribution in [1.29, 1.82) is 0 Å². The Morgan fingerprint density at radius 1 is 1.03 bits per heavy atom. The maximum Gasteiger partial charge on any atom is 0.230 e. The topological polar surface area (TPSA) is 74.2 Å². The van der Waals surface area contributed by atoms with Crippen molar-refractivity contribution in [1.82, 2.24) is 10.3 Å². The molecule has 0 fully saturated rings. The summed E-state index contributed by atoms with van der Waals surface area (Å²) >= 11 is 0. The van der Waals surface area contributed by atoms with Crippen molar-refractivity contribution in [3.05, 3.63) is 95.8 Å². The van der Waals surface area contributed by atoms with E-state index in [9.17, 15) is 9.90 Å². The zero-order chi connectivity index (χ0) is 20.5. The Kier molecular flexibility index (Phi) is 9.48. The molecule has 158 valence electrons. The summed E-state index contributed by atoms with van der Waals surface area (Å²) < 4.78 is 0. The van der Waals surface area contributed by atoms with E-state index in [1.165, 1.54) is 0 Å². The van der Waals surface area contributed by atoms with Gasteiger partial charge in [0.1, 0.15) is 0 Å². The Morgan fingerprint density at radius 2 is 1.70 bits per heavy atom. The fourth-order valence-electron chi connectivity index (χ4n) is 3.17. The molecule has 30 heavy (non-hydrogen) atoms. The van der Waals surface area contributed by atoms with Crippen LogP contribution in [0.1, 0.15) is 29.8 Å². The van der Waals surface area contributed by atoms with Gasteiger partial charge in [-0.25, -0.2) is 0 Å². The molecule has 0 aliphatic carbocycles. The van der Waals surface area contributed by atoms with Crippen LogP contribution in [0, 0.1) is 0 Å². The minimum absolute atomic E-state index is 0. The maximum absolute atomic E-state index is 12.2. The average Bonchev–Trinajstić information content (AvgIpc) is 2.73. The third kappa shape index (κ3) is 7.59. The Balaban J connectivity index is 0.00000320. The summed E-state index contributed by atoms with van der Waals surface area (Å²) in [6, 6.07) is 23.2. The van der Waals surface area contributed by atoms with Gasteiger partial charge in [0.25, 0.3) is 0 Å². The molecule has 0 aliphatic heterocycles. The van der Waals surface area contributed by atoms with E-state index in [0.29, 0.717) is 6.54 Å². The highest BCUT2D eigenvalue weighted by Gasteiger charge is 2.11. The lowest BCUT2D eigenvalue weighted by atomic mass is 10.1. The average molecular weight is 426 g/mol. The Bertz CT molecular complexity index is 907. The fraction of sp³-hybridized carbons (Fsp3) is 0.250. The summed E-state index contributed by atoms with van der Waals surface area (Å²) in [5.41, 5.74) is 3.54. The predicted octanol–water partition coefficient (Wildman–Crippen LogP) is 3.94. The number of carbonyl (C=O) groups is 1. The number of aliphatic hydroxyl groups excluding tert-OH is 1. The minimum Gasteiger partial charge on any atom is -0.387 e. The van der Waals surface area contributed by atoms with Gasteiger partial charge in [0, 0.05) is 30.2 Å². The quantitative estimate of drug-likeness (QED) is 0.485. The smallest absolute Gasteiger partial charge is 0.230 e. The SMILES string of the molecule is C[C@@H](Cc1ccnc(CC(=O)Nc2ccccc2)c1)NC[C@H](O)c1ccccc1.Cl. The van der Waals surface area contributed by atoms with Crippen LogP contribution in [0.15, 0.2) is 79.0 Å². The number of hydrogen-bond acceptors (Lipinski definition) is 4. The van der Waals surface area contributed by atoms with Crippen LogP contribution in [0.4, 0.5) is 5.69 Å². The number of nitrogens with zero attached hydrogens (tertiary/aromatic N) is 1. The summed E-state index contributed by atoms with van der Waals surface area (Å²) in [4.78, 5) is 16.6. The van der Waals surface area contributed by atoms with Gasteiger partial charge in [-0.2, -0.15) is 0 Å². The van der Waals surface area contributed by atoms with E-state index < -0.39 is 6.10 Å². The molecule has 1 aromatic heterocycles. The highest BCUT2D eigenvalue weighted by Crippen LogP contribution is 2.12. The molecule has 2 aromatic carbocycles. The zero-order valence-electron chi connectivity index (χ0n) is 17.0. The third-order valence-electron chi connectivity index (χ3n) is 4.67. The molecule has 0 saturated heterocycles. The number of amides is 1. The highest BCUT2D eigenvalue weighted by molar-refractivity contribution is 5.91. The van der Waals surface area contributed by atoms with E-state index in [0.717, 1.165) is 28.9 Å². The van der Waals surface area contributed by atoms with Crippen LogP contribution in [-0.2, 0) is 17.6 Å². The number of rotatable bonds is 9. The van der Waals surface area contributed by atoms with E-state index in [1.54, 1.807) is 6.20 Å². The number of hydrogen-bond donors (Lipinski definition) is 3. The summed E-state index contributed by atoms with van der Waals surface area (Å²) in [5.74, 6) is -0.0852. The van der Waals surface area contributed by atoms with Gasteiger partial charge >= 0.3 is 0 Å². The second-order valence-electron chi connectivity index (χ2n) is 7.19. The van der Waals surface area contributed by atoms with Crippen molar-refractivity contribution in [2.45, 2.75) is 31.9 Å². The van der Waals surface area contributed by atoms with Crippen LogP contribution in [0.2, 0.25) is 0 Å². The number of nitrogens with one attached hydrogen (secondary N) is 2. The molecule has 0 aliphatic rings. The first-order valence-electron chi connectivity index (χ1n) is 9.85. The molecular weight excluding hydrogens is 398 g/mol. The molecule has 6 heteroatoms. The molecule has 0 bridgehead atoms. The van der Waals surface area contributed by atoms with E-state index in [4.69, 9.17) is 0 Å². The van der Waals surface area contributed by atoms with Gasteiger partial charge in [0.05, 0.1) is 12.5 Å². The molecule has 5 nitrogen and oxygen atoms in total. The van der Waals surface area contributed by atoms with E-state index >= 15 is 0 Å². The zero-order valence-corrected chi connectivity index (χ0v) is 17.8. The number of anilines is 1. The number of halogens is 1. The van der Waals surface area contributed by atoms with Gasteiger partial charge in [0.2, 0.25) is 5.91 Å². The summed E-state index contributed by atoms with van der Waals surface area (Å²) in [6.45, 7) is 2.57. The second kappa shape index (κ2) is 12.1. The molecule has 0 unspecified atom stereocenters. The highest BCUT2D eigenvalue weighted by atomic mass is 35.5. The van der Waals surface area contributed by atoms with Crippen LogP contribution in [-0.4, -0.2) is 28.6 Å². The van der Waals surface area contributed by atoms with Crippen LogP contribution in [0.3, 0.4) is 0 Å². The third-order valence-corrected chi connectivity index (χ3v) is 4.67. The van der Waals surface area contributed by atoms with Crippen LogP contribution >= 0.6 is 12.4 Å². The lowest BCUT2D eigenvalue weighted by Crippen LogP contribution is -2.32. The Labute approximate surface area is 184 Å². The van der Waals surface area contributed by atoms with Crippen molar-refractivity contribution < 1.29 is 9.90 Å². The second-order valence-corrected chi connectivity index (χ2v) is 7.19. The van der Waals surface area contributed by atoms with E-state index in [2.05, 4.69) is 22.5 Å². The van der Waals surface area contributed by atoms with Crippen molar-refractivity contribution in [3.63, 3.8) is 0 Å². The normalized spacial score (nSPS) is 12.5. The number of pyridine rings is 1. The Morgan fingerprint density at radius 3 is 2.40 bits per heavy atom. The van der Waals surface area contributed by atoms with Gasteiger partial charge in [0.15, 0.2) is 0 Å². The molecule has 3 N–H and O–H groups in total. The standard InChI is InChI=1S/C24H27N3O2.ClH/c1-18(26-17-23(28)20-8-4-2-5-9-20)14-19-12-13-25-22(15-19)16-24(29)27-21-10-6-3-7-11-21;/h2-13,15,18,23,26,28H,14,16-17H2,1H3,(H,27,29);1H/t18-,23-;/m0./s1. The molecular formula is C24H28ClN3O2. The first-order chi connectivity index (χ1) is 14.1. The van der Waals surface area contributed by atoms with Gasteiger partial charge in [-0.05, 0) is 48.7 Å². The fourth-order valence-corrected chi connectivity index (χ4v) is 3.17. The number of carbonyl (C=O) groups excluding carboxylic acids is 1. The van der Waals surface area contributed by atoms with E-state index in [-0.39, 0.29) is 30.8 Å². The summed E-state index contributed by atoms with van der Waals surface area (Å²) in [5, 5.41) is 16.5. The Hall–Kier alpha value is -2.73. The molecule has 1 amide bonds. The molecule has 0 spiro atoms. The van der Waals surface area contributed by atoms with Gasteiger partial charge < -0.3 is 15.7 Å².